The van der Waals surface area contributed by atoms with Gasteiger partial charge in [0.15, 0.2) is 0 Å². The van der Waals surface area contributed by atoms with Crippen molar-refractivity contribution < 1.29 is 27.2 Å². The lowest BCUT2D eigenvalue weighted by atomic mass is 10.3. The van der Waals surface area contributed by atoms with Crippen LogP contribution in [0.1, 0.15) is 0 Å². The van der Waals surface area contributed by atoms with Crippen LogP contribution in [0, 0.1) is 0 Å². The molecule has 1 rings (SSSR count). The van der Waals surface area contributed by atoms with Crippen molar-refractivity contribution in [3.8, 4) is 5.75 Å². The summed E-state index contributed by atoms with van der Waals surface area (Å²) in [5.74, 6) is 0.103. The standard InChI is InChI=1S/C10H10O6S.H3N/c1-2-7-15-10(11)16-8-3-5-9(6-4-8)17(12,13)14;/h2-6H,1,7H2,(H,12,13,14);1H3. The highest BCUT2D eigenvalue weighted by Gasteiger charge is 2.10. The molecular formula is C10H13NO6S. The van der Waals surface area contributed by atoms with E-state index in [0.29, 0.717) is 0 Å². The lowest BCUT2D eigenvalue weighted by molar-refractivity contribution is 0.109. The second-order valence-electron chi connectivity index (χ2n) is 2.90. The maximum Gasteiger partial charge on any atom is 0.514 e. The highest BCUT2D eigenvalue weighted by molar-refractivity contribution is 7.85. The first-order valence-electron chi connectivity index (χ1n) is 4.46. The number of rotatable bonds is 4. The van der Waals surface area contributed by atoms with Gasteiger partial charge in [-0.3, -0.25) is 4.55 Å². The topological polar surface area (TPSA) is 125 Å². The second-order valence-corrected chi connectivity index (χ2v) is 4.32. The summed E-state index contributed by atoms with van der Waals surface area (Å²) in [5.41, 5.74) is 0. The van der Waals surface area contributed by atoms with Crippen LogP contribution < -0.4 is 10.9 Å². The van der Waals surface area contributed by atoms with Gasteiger partial charge in [0, 0.05) is 0 Å². The summed E-state index contributed by atoms with van der Waals surface area (Å²) in [6.07, 6.45) is 0.451. The zero-order valence-electron chi connectivity index (χ0n) is 9.40. The lowest BCUT2D eigenvalue weighted by Gasteiger charge is -2.04. The van der Waals surface area contributed by atoms with Crippen LogP contribution in [0.5, 0.6) is 5.75 Å². The molecule has 0 fully saturated rings. The van der Waals surface area contributed by atoms with Crippen molar-refractivity contribution in [2.45, 2.75) is 4.90 Å². The van der Waals surface area contributed by atoms with Crippen LogP contribution in [0.3, 0.4) is 0 Å². The Hall–Kier alpha value is -1.90. The van der Waals surface area contributed by atoms with E-state index < -0.39 is 16.3 Å². The van der Waals surface area contributed by atoms with E-state index in [9.17, 15) is 13.2 Å². The van der Waals surface area contributed by atoms with Gasteiger partial charge in [0.25, 0.3) is 10.1 Å². The maximum atomic E-state index is 11.0. The van der Waals surface area contributed by atoms with Crippen LogP contribution >= 0.6 is 0 Å². The Bertz CT molecular complexity index is 508. The molecule has 7 nitrogen and oxygen atoms in total. The predicted octanol–water partition coefficient (Wildman–Crippen LogP) is 1.80. The van der Waals surface area contributed by atoms with Crippen molar-refractivity contribution in [1.82, 2.24) is 6.15 Å². The third-order valence-corrected chi connectivity index (χ3v) is 2.51. The van der Waals surface area contributed by atoms with Crippen molar-refractivity contribution >= 4 is 16.3 Å². The molecule has 0 saturated carbocycles. The van der Waals surface area contributed by atoms with E-state index in [-0.39, 0.29) is 23.4 Å². The van der Waals surface area contributed by atoms with E-state index in [1.807, 2.05) is 0 Å². The molecule has 0 unspecified atom stereocenters. The Morgan fingerprint density at radius 2 is 1.89 bits per heavy atom. The highest BCUT2D eigenvalue weighted by Crippen LogP contribution is 2.16. The van der Waals surface area contributed by atoms with Gasteiger partial charge in [0.05, 0.1) is 4.90 Å². The molecule has 0 aliphatic rings. The smallest absolute Gasteiger partial charge is 0.430 e. The molecule has 0 amide bonds. The summed E-state index contributed by atoms with van der Waals surface area (Å²) in [7, 11) is -4.25. The van der Waals surface area contributed by atoms with Gasteiger partial charge in [0.2, 0.25) is 0 Å². The molecule has 0 bridgehead atoms. The minimum Gasteiger partial charge on any atom is -0.430 e. The second kappa shape index (κ2) is 6.74. The number of benzene rings is 1. The van der Waals surface area contributed by atoms with E-state index in [2.05, 4.69) is 11.3 Å². The van der Waals surface area contributed by atoms with Crippen molar-refractivity contribution in [2.75, 3.05) is 6.61 Å². The van der Waals surface area contributed by atoms with Gasteiger partial charge >= 0.3 is 6.16 Å². The lowest BCUT2D eigenvalue weighted by Crippen LogP contribution is -2.10. The minimum absolute atomic E-state index is 0. The highest BCUT2D eigenvalue weighted by atomic mass is 32.2. The Balaban J connectivity index is 0.00000289. The number of carbonyl (C=O) groups is 1. The van der Waals surface area contributed by atoms with Crippen LogP contribution in [-0.2, 0) is 14.9 Å². The zero-order valence-corrected chi connectivity index (χ0v) is 10.2. The average Bonchev–Trinajstić information content (AvgIpc) is 2.26. The molecule has 0 radical (unpaired) electrons. The van der Waals surface area contributed by atoms with Crippen LogP contribution in [0.4, 0.5) is 4.79 Å². The Kier molecular flexibility index (Phi) is 6.03. The molecule has 100 valence electrons. The van der Waals surface area contributed by atoms with Gasteiger partial charge in [-0.05, 0) is 24.3 Å². The monoisotopic (exact) mass is 275 g/mol. The first-order chi connectivity index (χ1) is 7.93. The summed E-state index contributed by atoms with van der Waals surface area (Å²) in [4.78, 5) is 10.7. The number of hydrogen-bond donors (Lipinski definition) is 2. The molecule has 0 aliphatic carbocycles. The zero-order chi connectivity index (χ0) is 12.9. The normalized spacial score (nSPS) is 10.1. The van der Waals surface area contributed by atoms with E-state index >= 15 is 0 Å². The van der Waals surface area contributed by atoms with Gasteiger partial charge < -0.3 is 15.6 Å². The summed E-state index contributed by atoms with van der Waals surface area (Å²) >= 11 is 0. The molecule has 0 heterocycles. The Labute approximate surface area is 104 Å². The van der Waals surface area contributed by atoms with Crippen LogP contribution in [-0.4, -0.2) is 25.7 Å². The number of carbonyl (C=O) groups excluding carboxylic acids is 1. The molecule has 18 heavy (non-hydrogen) atoms. The maximum absolute atomic E-state index is 11.0. The van der Waals surface area contributed by atoms with Crippen molar-refractivity contribution in [3.63, 3.8) is 0 Å². The van der Waals surface area contributed by atoms with Crippen molar-refractivity contribution in [1.29, 1.82) is 0 Å². The van der Waals surface area contributed by atoms with Gasteiger partial charge in [-0.1, -0.05) is 12.7 Å². The fourth-order valence-electron chi connectivity index (χ4n) is 0.932. The summed E-state index contributed by atoms with van der Waals surface area (Å²) in [5, 5.41) is 0. The van der Waals surface area contributed by atoms with Gasteiger partial charge in [-0.2, -0.15) is 8.42 Å². The molecule has 4 N–H and O–H groups in total. The molecule has 0 spiro atoms. The van der Waals surface area contributed by atoms with E-state index in [0.717, 1.165) is 12.1 Å². The third-order valence-electron chi connectivity index (χ3n) is 1.64. The van der Waals surface area contributed by atoms with Crippen LogP contribution in [0.2, 0.25) is 0 Å². The first-order valence-corrected chi connectivity index (χ1v) is 5.90. The first kappa shape index (κ1) is 16.1. The summed E-state index contributed by atoms with van der Waals surface area (Å²) in [6, 6.07) is 4.65. The fraction of sp³-hybridized carbons (Fsp3) is 0.100. The molecular weight excluding hydrogens is 262 g/mol. The molecule has 0 saturated heterocycles. The molecule has 0 atom stereocenters. The van der Waals surface area contributed by atoms with Crippen LogP contribution in [0.25, 0.3) is 0 Å². The fourth-order valence-corrected chi connectivity index (χ4v) is 1.41. The Morgan fingerprint density at radius 3 is 2.33 bits per heavy atom. The van der Waals surface area contributed by atoms with Gasteiger partial charge in [-0.25, -0.2) is 4.79 Å². The average molecular weight is 275 g/mol. The molecule has 0 aromatic heterocycles. The quantitative estimate of drug-likeness (QED) is 0.371. The van der Waals surface area contributed by atoms with E-state index in [4.69, 9.17) is 9.29 Å². The Morgan fingerprint density at radius 1 is 1.33 bits per heavy atom. The van der Waals surface area contributed by atoms with Crippen molar-refractivity contribution in [3.05, 3.63) is 36.9 Å². The SMILES string of the molecule is C=CCOC(=O)Oc1ccc(S(=O)(=O)O)cc1.N. The third kappa shape index (κ3) is 4.95. The number of ether oxygens (including phenoxy) is 2. The van der Waals surface area contributed by atoms with E-state index in [1.54, 1.807) is 0 Å². The van der Waals surface area contributed by atoms with Gasteiger partial charge in [0.1, 0.15) is 12.4 Å². The molecule has 0 aliphatic heterocycles. The summed E-state index contributed by atoms with van der Waals surface area (Å²) < 4.78 is 39.4. The largest absolute Gasteiger partial charge is 0.514 e. The van der Waals surface area contributed by atoms with Crippen LogP contribution in [0.15, 0.2) is 41.8 Å². The molecule has 1 aromatic carbocycles. The van der Waals surface area contributed by atoms with Gasteiger partial charge in [-0.15, -0.1) is 0 Å². The van der Waals surface area contributed by atoms with E-state index in [1.165, 1.54) is 18.2 Å². The molecule has 8 heteroatoms. The van der Waals surface area contributed by atoms with Crippen molar-refractivity contribution in [2.24, 2.45) is 0 Å². The summed E-state index contributed by atoms with van der Waals surface area (Å²) in [6.45, 7) is 3.37. The number of hydrogen-bond acceptors (Lipinski definition) is 6. The molecule has 1 aromatic rings. The predicted molar refractivity (Wildman–Crippen MR) is 63.5 cm³/mol. The minimum atomic E-state index is -4.25.